The summed E-state index contributed by atoms with van der Waals surface area (Å²) in [5, 5.41) is 18.0. The first-order valence-corrected chi connectivity index (χ1v) is 6.08. The highest BCUT2D eigenvalue weighted by molar-refractivity contribution is 5.71. The van der Waals surface area contributed by atoms with Crippen LogP contribution in [0.1, 0.15) is 5.56 Å². The number of benzene rings is 1. The van der Waals surface area contributed by atoms with Gasteiger partial charge in [-0.2, -0.15) is 4.68 Å². The van der Waals surface area contributed by atoms with Gasteiger partial charge in [-0.25, -0.2) is 0 Å². The zero-order valence-corrected chi connectivity index (χ0v) is 10.9. The molecule has 0 atom stereocenters. The molecule has 1 aromatic carbocycles. The standard InChI is InChI=1S/C14H13N5O/c1-9-2-3-12(20)11(8-9)19-14(15)13(17-18-19)10-4-6-16-7-5-10/h2-8,20H,15H2,1H3. The van der Waals surface area contributed by atoms with E-state index in [1.54, 1.807) is 36.7 Å². The minimum absolute atomic E-state index is 0.105. The van der Waals surface area contributed by atoms with Crippen LogP contribution in [0, 0.1) is 6.92 Å². The second-order valence-corrected chi connectivity index (χ2v) is 4.46. The Kier molecular flexibility index (Phi) is 2.83. The third-order valence-electron chi connectivity index (χ3n) is 3.02. The van der Waals surface area contributed by atoms with Gasteiger partial charge in [0.2, 0.25) is 0 Å². The molecule has 0 saturated heterocycles. The van der Waals surface area contributed by atoms with Crippen LogP contribution in [-0.2, 0) is 0 Å². The lowest BCUT2D eigenvalue weighted by atomic mass is 10.2. The summed E-state index contributed by atoms with van der Waals surface area (Å²) in [5.74, 6) is 0.477. The maximum atomic E-state index is 9.94. The van der Waals surface area contributed by atoms with E-state index >= 15 is 0 Å². The SMILES string of the molecule is Cc1ccc(O)c(-n2nnc(-c3ccncc3)c2N)c1. The molecule has 0 aliphatic carbocycles. The van der Waals surface area contributed by atoms with Crippen molar-refractivity contribution in [2.75, 3.05) is 5.73 Å². The van der Waals surface area contributed by atoms with Crippen LogP contribution in [-0.4, -0.2) is 25.1 Å². The molecule has 0 fully saturated rings. The van der Waals surface area contributed by atoms with E-state index in [1.165, 1.54) is 4.68 Å². The molecular weight excluding hydrogens is 254 g/mol. The second kappa shape index (κ2) is 4.65. The van der Waals surface area contributed by atoms with Crippen LogP contribution >= 0.6 is 0 Å². The number of phenolic OH excluding ortho intramolecular Hbond substituents is 1. The number of phenols is 1. The van der Waals surface area contributed by atoms with Crippen molar-refractivity contribution in [3.8, 4) is 22.7 Å². The van der Waals surface area contributed by atoms with Crippen molar-refractivity contribution < 1.29 is 5.11 Å². The van der Waals surface area contributed by atoms with Gasteiger partial charge in [0.25, 0.3) is 0 Å². The van der Waals surface area contributed by atoms with Crippen molar-refractivity contribution in [1.82, 2.24) is 20.0 Å². The predicted octanol–water partition coefficient (Wildman–Crippen LogP) is 1.93. The Hall–Kier alpha value is -2.89. The smallest absolute Gasteiger partial charge is 0.156 e. The molecule has 2 heterocycles. The van der Waals surface area contributed by atoms with E-state index in [1.807, 2.05) is 13.0 Å². The Bertz CT molecular complexity index is 752. The van der Waals surface area contributed by atoms with Gasteiger partial charge in [0.15, 0.2) is 5.82 Å². The lowest BCUT2D eigenvalue weighted by Crippen LogP contribution is -2.03. The molecule has 0 radical (unpaired) electrons. The molecule has 2 aromatic heterocycles. The number of aromatic nitrogens is 4. The van der Waals surface area contributed by atoms with Gasteiger partial charge < -0.3 is 10.8 Å². The van der Waals surface area contributed by atoms with Crippen LogP contribution in [0.3, 0.4) is 0 Å². The third kappa shape index (κ3) is 1.97. The number of rotatable bonds is 2. The first kappa shape index (κ1) is 12.2. The normalized spacial score (nSPS) is 10.7. The monoisotopic (exact) mass is 267 g/mol. The van der Waals surface area contributed by atoms with Crippen molar-refractivity contribution in [2.45, 2.75) is 6.92 Å². The van der Waals surface area contributed by atoms with E-state index in [0.29, 0.717) is 17.2 Å². The summed E-state index contributed by atoms with van der Waals surface area (Å²) in [4.78, 5) is 3.96. The minimum Gasteiger partial charge on any atom is -0.506 e. The van der Waals surface area contributed by atoms with Crippen molar-refractivity contribution in [3.05, 3.63) is 48.3 Å². The largest absolute Gasteiger partial charge is 0.506 e. The zero-order chi connectivity index (χ0) is 14.1. The third-order valence-corrected chi connectivity index (χ3v) is 3.02. The molecule has 0 saturated carbocycles. The number of pyridine rings is 1. The van der Waals surface area contributed by atoms with Gasteiger partial charge in [-0.1, -0.05) is 11.3 Å². The number of nitrogens with two attached hydrogens (primary N) is 1. The first-order valence-electron chi connectivity index (χ1n) is 6.08. The molecule has 0 unspecified atom stereocenters. The molecule has 100 valence electrons. The topological polar surface area (TPSA) is 89.8 Å². The Balaban J connectivity index is 2.14. The van der Waals surface area contributed by atoms with E-state index in [9.17, 15) is 5.11 Å². The Morgan fingerprint density at radius 3 is 2.65 bits per heavy atom. The molecule has 0 aliphatic heterocycles. The molecule has 3 N–H and O–H groups in total. The predicted molar refractivity (Wildman–Crippen MR) is 75.4 cm³/mol. The van der Waals surface area contributed by atoms with Crippen LogP contribution in [0.15, 0.2) is 42.7 Å². The summed E-state index contributed by atoms with van der Waals surface area (Å²) in [6.45, 7) is 1.93. The van der Waals surface area contributed by atoms with Crippen LogP contribution < -0.4 is 5.73 Å². The van der Waals surface area contributed by atoms with Gasteiger partial charge in [-0.15, -0.1) is 5.10 Å². The quantitative estimate of drug-likeness (QED) is 0.740. The Morgan fingerprint density at radius 2 is 1.90 bits per heavy atom. The number of anilines is 1. The zero-order valence-electron chi connectivity index (χ0n) is 10.9. The molecule has 0 amide bonds. The minimum atomic E-state index is 0.105. The van der Waals surface area contributed by atoms with Crippen molar-refractivity contribution >= 4 is 5.82 Å². The fourth-order valence-electron chi connectivity index (χ4n) is 1.99. The highest BCUT2D eigenvalue weighted by Crippen LogP contribution is 2.28. The van der Waals surface area contributed by atoms with E-state index in [2.05, 4.69) is 15.3 Å². The number of aromatic hydroxyl groups is 1. The molecule has 6 nitrogen and oxygen atoms in total. The Labute approximate surface area is 115 Å². The number of hydrogen-bond acceptors (Lipinski definition) is 5. The van der Waals surface area contributed by atoms with Crippen molar-refractivity contribution in [1.29, 1.82) is 0 Å². The van der Waals surface area contributed by atoms with Gasteiger partial charge >= 0.3 is 0 Å². The fourth-order valence-corrected chi connectivity index (χ4v) is 1.99. The van der Waals surface area contributed by atoms with E-state index in [-0.39, 0.29) is 5.75 Å². The van der Waals surface area contributed by atoms with Crippen molar-refractivity contribution in [3.63, 3.8) is 0 Å². The first-order chi connectivity index (χ1) is 9.66. The van der Waals surface area contributed by atoms with E-state index in [4.69, 9.17) is 5.73 Å². The van der Waals surface area contributed by atoms with E-state index in [0.717, 1.165) is 11.1 Å². The summed E-state index contributed by atoms with van der Waals surface area (Å²) < 4.78 is 1.43. The van der Waals surface area contributed by atoms with Crippen LogP contribution in [0.2, 0.25) is 0 Å². The average Bonchev–Trinajstić information content (AvgIpc) is 2.84. The lowest BCUT2D eigenvalue weighted by Gasteiger charge is -2.07. The Morgan fingerprint density at radius 1 is 1.15 bits per heavy atom. The van der Waals surface area contributed by atoms with Gasteiger partial charge in [-0.05, 0) is 36.8 Å². The highest BCUT2D eigenvalue weighted by Gasteiger charge is 2.15. The molecular formula is C14H13N5O. The summed E-state index contributed by atoms with van der Waals surface area (Å²) >= 11 is 0. The number of nitrogen functional groups attached to an aromatic ring is 1. The average molecular weight is 267 g/mol. The lowest BCUT2D eigenvalue weighted by molar-refractivity contribution is 0.470. The van der Waals surface area contributed by atoms with Gasteiger partial charge in [-0.3, -0.25) is 4.98 Å². The van der Waals surface area contributed by atoms with Crippen LogP contribution in [0.25, 0.3) is 16.9 Å². The number of nitrogens with zero attached hydrogens (tertiary/aromatic N) is 4. The van der Waals surface area contributed by atoms with Crippen LogP contribution in [0.5, 0.6) is 5.75 Å². The van der Waals surface area contributed by atoms with Gasteiger partial charge in [0, 0.05) is 18.0 Å². The summed E-state index contributed by atoms with van der Waals surface area (Å²) in [6.07, 6.45) is 3.33. The van der Waals surface area contributed by atoms with E-state index < -0.39 is 0 Å². The highest BCUT2D eigenvalue weighted by atomic mass is 16.3. The summed E-state index contributed by atoms with van der Waals surface area (Å²) in [7, 11) is 0. The number of hydrogen-bond donors (Lipinski definition) is 2. The molecule has 6 heteroatoms. The number of aryl methyl sites for hydroxylation is 1. The van der Waals surface area contributed by atoms with Gasteiger partial charge in [0.05, 0.1) is 0 Å². The fraction of sp³-hybridized carbons (Fsp3) is 0.0714. The maximum Gasteiger partial charge on any atom is 0.156 e. The van der Waals surface area contributed by atoms with Crippen molar-refractivity contribution in [2.24, 2.45) is 0 Å². The molecule has 0 spiro atoms. The summed E-state index contributed by atoms with van der Waals surface area (Å²) in [6, 6.07) is 8.84. The molecule has 3 rings (SSSR count). The molecule has 3 aromatic rings. The van der Waals surface area contributed by atoms with Crippen LogP contribution in [0.4, 0.5) is 5.82 Å². The van der Waals surface area contributed by atoms with Gasteiger partial charge in [0.1, 0.15) is 17.1 Å². The summed E-state index contributed by atoms with van der Waals surface area (Å²) in [5.41, 5.74) is 8.99. The molecule has 20 heavy (non-hydrogen) atoms. The second-order valence-electron chi connectivity index (χ2n) is 4.46. The molecule has 0 aliphatic rings. The molecule has 0 bridgehead atoms. The maximum absolute atomic E-state index is 9.94.